The minimum Gasteiger partial charge on any atom is -0.352 e. The highest BCUT2D eigenvalue weighted by Gasteiger charge is 2.04. The molecule has 0 unspecified atom stereocenters. The largest absolute Gasteiger partial charge is 0.352 e. The molecule has 28 heavy (non-hydrogen) atoms. The third kappa shape index (κ3) is 6.33. The van der Waals surface area contributed by atoms with Gasteiger partial charge in [-0.3, -0.25) is 9.67 Å². The average Bonchev–Trinajstić information content (AvgIpc) is 3.13. The van der Waals surface area contributed by atoms with Gasteiger partial charge in [-0.2, -0.15) is 5.10 Å². The number of guanidine groups is 1. The molecule has 0 saturated heterocycles. The van der Waals surface area contributed by atoms with Gasteiger partial charge in [0, 0.05) is 31.9 Å². The summed E-state index contributed by atoms with van der Waals surface area (Å²) >= 11 is 0. The highest BCUT2D eigenvalue weighted by atomic mass is 127. The zero-order chi connectivity index (χ0) is 19.1. The number of benzene rings is 2. The summed E-state index contributed by atoms with van der Waals surface area (Å²) in [5.74, 6) is 0.467. The Bertz CT molecular complexity index is 908. The van der Waals surface area contributed by atoms with Gasteiger partial charge in [-0.1, -0.05) is 42.5 Å². The Labute approximate surface area is 182 Å². The van der Waals surface area contributed by atoms with Gasteiger partial charge in [0.25, 0.3) is 0 Å². The summed E-state index contributed by atoms with van der Waals surface area (Å²) in [6.45, 7) is 3.61. The second-order valence-corrected chi connectivity index (χ2v) is 6.39. The van der Waals surface area contributed by atoms with Crippen LogP contribution in [0.1, 0.15) is 22.3 Å². The normalized spacial score (nSPS) is 11.0. The highest BCUT2D eigenvalue weighted by molar-refractivity contribution is 14.0. The van der Waals surface area contributed by atoms with E-state index in [0.717, 1.165) is 17.7 Å². The molecular weight excluding hydrogens is 468 g/mol. The topological polar surface area (TPSA) is 54.2 Å². The van der Waals surface area contributed by atoms with Crippen molar-refractivity contribution in [1.82, 2.24) is 20.4 Å². The number of rotatable bonds is 6. The molecule has 1 aromatic heterocycles. The van der Waals surface area contributed by atoms with Crippen LogP contribution < -0.4 is 10.6 Å². The monoisotopic (exact) mass is 493 g/mol. The SMILES string of the molecule is CN=C(NCc1ccc(C)c(F)c1)NCc1cnn(Cc2ccccc2)c1.I. The van der Waals surface area contributed by atoms with E-state index in [1.165, 1.54) is 5.56 Å². The highest BCUT2D eigenvalue weighted by Crippen LogP contribution is 2.09. The molecule has 0 aliphatic rings. The Hall–Kier alpha value is -2.42. The van der Waals surface area contributed by atoms with Crippen LogP contribution in [0.25, 0.3) is 0 Å². The molecule has 0 bridgehead atoms. The summed E-state index contributed by atoms with van der Waals surface area (Å²) < 4.78 is 15.5. The van der Waals surface area contributed by atoms with E-state index < -0.39 is 0 Å². The minimum absolute atomic E-state index is 0. The summed E-state index contributed by atoms with van der Waals surface area (Å²) in [5.41, 5.74) is 3.80. The summed E-state index contributed by atoms with van der Waals surface area (Å²) in [6, 6.07) is 15.5. The Kier molecular flexibility index (Phi) is 8.43. The fourth-order valence-corrected chi connectivity index (χ4v) is 2.69. The number of nitrogens with zero attached hydrogens (tertiary/aromatic N) is 3. The van der Waals surface area contributed by atoms with Gasteiger partial charge in [-0.25, -0.2) is 4.39 Å². The lowest BCUT2D eigenvalue weighted by molar-refractivity contribution is 0.615. The van der Waals surface area contributed by atoms with E-state index in [2.05, 4.69) is 32.9 Å². The number of aromatic nitrogens is 2. The Morgan fingerprint density at radius 2 is 1.75 bits per heavy atom. The molecule has 0 saturated carbocycles. The van der Waals surface area contributed by atoms with Crippen LogP contribution in [0.2, 0.25) is 0 Å². The molecule has 1 heterocycles. The molecule has 0 amide bonds. The standard InChI is InChI=1S/C21H24FN5.HI/c1-16-8-9-18(10-20(16)22)11-24-21(23-2)25-12-19-13-26-27(15-19)14-17-6-4-3-5-7-17;/h3-10,13,15H,11-12,14H2,1-2H3,(H2,23,24,25);1H. The van der Waals surface area contributed by atoms with Crippen molar-refractivity contribution in [1.29, 1.82) is 0 Å². The van der Waals surface area contributed by atoms with E-state index in [-0.39, 0.29) is 29.8 Å². The van der Waals surface area contributed by atoms with Crippen LogP contribution in [0.15, 0.2) is 65.9 Å². The van der Waals surface area contributed by atoms with Crippen molar-refractivity contribution in [2.24, 2.45) is 4.99 Å². The van der Waals surface area contributed by atoms with Gasteiger partial charge in [0.05, 0.1) is 12.7 Å². The maximum Gasteiger partial charge on any atom is 0.191 e. The Morgan fingerprint density at radius 1 is 1.04 bits per heavy atom. The van der Waals surface area contributed by atoms with Crippen LogP contribution in [-0.4, -0.2) is 22.8 Å². The molecule has 3 rings (SSSR count). The first-order valence-electron chi connectivity index (χ1n) is 8.89. The molecule has 2 N–H and O–H groups in total. The zero-order valence-corrected chi connectivity index (χ0v) is 18.4. The van der Waals surface area contributed by atoms with Crippen molar-refractivity contribution in [3.05, 3.63) is 89.0 Å². The van der Waals surface area contributed by atoms with E-state index in [1.54, 1.807) is 26.1 Å². The van der Waals surface area contributed by atoms with Crippen LogP contribution in [0.5, 0.6) is 0 Å². The van der Waals surface area contributed by atoms with Crippen molar-refractivity contribution < 1.29 is 4.39 Å². The number of aliphatic imine (C=N–C) groups is 1. The lowest BCUT2D eigenvalue weighted by Gasteiger charge is -2.11. The van der Waals surface area contributed by atoms with Crippen molar-refractivity contribution >= 4 is 29.9 Å². The van der Waals surface area contributed by atoms with Gasteiger partial charge in [-0.15, -0.1) is 24.0 Å². The first-order chi connectivity index (χ1) is 13.1. The van der Waals surface area contributed by atoms with Gasteiger partial charge < -0.3 is 10.6 Å². The first kappa shape index (κ1) is 21.9. The first-order valence-corrected chi connectivity index (χ1v) is 8.89. The summed E-state index contributed by atoms with van der Waals surface area (Å²) in [7, 11) is 1.71. The molecular formula is C21H25FIN5. The maximum atomic E-state index is 13.6. The number of nitrogens with one attached hydrogen (secondary N) is 2. The second kappa shape index (κ2) is 10.8. The Balaban J connectivity index is 0.00000280. The number of hydrogen-bond acceptors (Lipinski definition) is 2. The van der Waals surface area contributed by atoms with Gasteiger partial charge in [0.1, 0.15) is 5.82 Å². The molecule has 3 aromatic rings. The van der Waals surface area contributed by atoms with Crippen molar-refractivity contribution in [2.45, 2.75) is 26.6 Å². The summed E-state index contributed by atoms with van der Waals surface area (Å²) in [4.78, 5) is 4.21. The second-order valence-electron chi connectivity index (χ2n) is 6.39. The number of aryl methyl sites for hydroxylation is 1. The molecule has 0 atom stereocenters. The molecule has 0 radical (unpaired) electrons. The molecule has 0 aliphatic heterocycles. The quantitative estimate of drug-likeness (QED) is 0.312. The predicted molar refractivity (Wildman–Crippen MR) is 121 cm³/mol. The van der Waals surface area contributed by atoms with Crippen LogP contribution in [0.4, 0.5) is 4.39 Å². The smallest absolute Gasteiger partial charge is 0.191 e. The molecule has 7 heteroatoms. The number of hydrogen-bond donors (Lipinski definition) is 2. The van der Waals surface area contributed by atoms with Gasteiger partial charge in [0.15, 0.2) is 5.96 Å². The van der Waals surface area contributed by atoms with Crippen LogP contribution in [0, 0.1) is 12.7 Å². The molecule has 0 fully saturated rings. The third-order valence-corrected chi connectivity index (χ3v) is 4.25. The molecule has 0 spiro atoms. The van der Waals surface area contributed by atoms with E-state index in [0.29, 0.717) is 24.6 Å². The van der Waals surface area contributed by atoms with Crippen molar-refractivity contribution in [3.8, 4) is 0 Å². The van der Waals surface area contributed by atoms with Crippen LogP contribution in [-0.2, 0) is 19.6 Å². The van der Waals surface area contributed by atoms with E-state index >= 15 is 0 Å². The van der Waals surface area contributed by atoms with E-state index in [1.807, 2.05) is 41.3 Å². The molecule has 2 aromatic carbocycles. The average molecular weight is 493 g/mol. The number of halogens is 2. The Morgan fingerprint density at radius 3 is 2.43 bits per heavy atom. The lowest BCUT2D eigenvalue weighted by Crippen LogP contribution is -2.36. The molecule has 148 valence electrons. The van der Waals surface area contributed by atoms with Crippen LogP contribution in [0.3, 0.4) is 0 Å². The van der Waals surface area contributed by atoms with Gasteiger partial charge in [-0.05, 0) is 29.7 Å². The van der Waals surface area contributed by atoms with Crippen molar-refractivity contribution in [2.75, 3.05) is 7.05 Å². The third-order valence-electron chi connectivity index (χ3n) is 4.25. The fraction of sp³-hybridized carbons (Fsp3) is 0.238. The summed E-state index contributed by atoms with van der Waals surface area (Å²) in [5, 5.41) is 10.8. The molecule has 0 aliphatic carbocycles. The van der Waals surface area contributed by atoms with Crippen molar-refractivity contribution in [3.63, 3.8) is 0 Å². The predicted octanol–water partition coefficient (Wildman–Crippen LogP) is 3.86. The van der Waals surface area contributed by atoms with E-state index in [4.69, 9.17) is 0 Å². The van der Waals surface area contributed by atoms with E-state index in [9.17, 15) is 4.39 Å². The van der Waals surface area contributed by atoms with Gasteiger partial charge in [0.2, 0.25) is 0 Å². The minimum atomic E-state index is -0.192. The summed E-state index contributed by atoms with van der Waals surface area (Å²) in [6.07, 6.45) is 3.86. The maximum absolute atomic E-state index is 13.6. The fourth-order valence-electron chi connectivity index (χ4n) is 2.69. The molecule has 5 nitrogen and oxygen atoms in total. The van der Waals surface area contributed by atoms with Crippen LogP contribution >= 0.6 is 24.0 Å². The zero-order valence-electron chi connectivity index (χ0n) is 16.0. The van der Waals surface area contributed by atoms with Gasteiger partial charge >= 0.3 is 0 Å². The lowest BCUT2D eigenvalue weighted by atomic mass is 10.1.